The summed E-state index contributed by atoms with van der Waals surface area (Å²) in [6.45, 7) is 2.57. The molecule has 27 heavy (non-hydrogen) atoms. The molecule has 0 atom stereocenters. The molecule has 5 nitrogen and oxygen atoms in total. The Balaban J connectivity index is 1.52. The minimum Gasteiger partial charge on any atom is -0.496 e. The maximum absolute atomic E-state index is 12.2. The number of thiazole rings is 1. The molecule has 3 aromatic rings. The smallest absolute Gasteiger partial charge is 0.226 e. The molecule has 0 spiro atoms. The number of amides is 1. The molecule has 2 N–H and O–H groups in total. The third kappa shape index (κ3) is 5.31. The van der Waals surface area contributed by atoms with Gasteiger partial charge in [0, 0.05) is 23.2 Å². The summed E-state index contributed by atoms with van der Waals surface area (Å²) in [5.74, 6) is 0.706. The van der Waals surface area contributed by atoms with Gasteiger partial charge in [-0.05, 0) is 30.2 Å². The maximum Gasteiger partial charge on any atom is 0.226 e. The zero-order chi connectivity index (χ0) is 19.1. The van der Waals surface area contributed by atoms with Crippen molar-refractivity contribution < 1.29 is 9.53 Å². The van der Waals surface area contributed by atoms with E-state index in [1.807, 2.05) is 41.8 Å². The first-order valence-corrected chi connectivity index (χ1v) is 9.75. The number of ether oxygens (including phenoxy) is 1. The van der Waals surface area contributed by atoms with Crippen LogP contribution in [0.3, 0.4) is 0 Å². The number of nitrogens with one attached hydrogen (secondary N) is 2. The lowest BCUT2D eigenvalue weighted by Crippen LogP contribution is -2.24. The molecular weight excluding hydrogens is 358 g/mol. The fourth-order valence-corrected chi connectivity index (χ4v) is 3.39. The molecule has 1 aromatic heterocycles. The van der Waals surface area contributed by atoms with Crippen molar-refractivity contribution in [2.45, 2.75) is 26.3 Å². The van der Waals surface area contributed by atoms with Crippen LogP contribution >= 0.6 is 11.3 Å². The summed E-state index contributed by atoms with van der Waals surface area (Å²) in [5, 5.41) is 8.89. The van der Waals surface area contributed by atoms with Crippen molar-refractivity contribution in [1.82, 2.24) is 10.3 Å². The average Bonchev–Trinajstić information content (AvgIpc) is 3.13. The topological polar surface area (TPSA) is 63.2 Å². The number of aromatic nitrogens is 1. The summed E-state index contributed by atoms with van der Waals surface area (Å²) in [6.07, 6.45) is 1.27. The Morgan fingerprint density at radius 2 is 1.93 bits per heavy atom. The highest BCUT2D eigenvalue weighted by Crippen LogP contribution is 2.22. The fraction of sp³-hybridized carbons (Fsp3) is 0.238. The monoisotopic (exact) mass is 381 g/mol. The first kappa shape index (κ1) is 18.9. The number of rotatable bonds is 8. The van der Waals surface area contributed by atoms with Crippen molar-refractivity contribution in [1.29, 1.82) is 0 Å². The molecule has 6 heteroatoms. The van der Waals surface area contributed by atoms with Crippen molar-refractivity contribution in [3.8, 4) is 5.75 Å². The van der Waals surface area contributed by atoms with E-state index in [9.17, 15) is 4.79 Å². The van der Waals surface area contributed by atoms with Gasteiger partial charge in [0.05, 0.1) is 19.2 Å². The summed E-state index contributed by atoms with van der Waals surface area (Å²) in [4.78, 5) is 16.7. The third-order valence-electron chi connectivity index (χ3n) is 4.18. The Hall–Kier alpha value is -2.86. The Bertz CT molecular complexity index is 890. The zero-order valence-electron chi connectivity index (χ0n) is 15.5. The number of benzene rings is 2. The number of hydrogen-bond donors (Lipinski definition) is 2. The lowest BCUT2D eigenvalue weighted by atomic mass is 10.1. The highest BCUT2D eigenvalue weighted by atomic mass is 32.1. The van der Waals surface area contributed by atoms with E-state index >= 15 is 0 Å². The Labute approximate surface area is 163 Å². The molecule has 1 amide bonds. The van der Waals surface area contributed by atoms with Gasteiger partial charge in [0.2, 0.25) is 5.91 Å². The van der Waals surface area contributed by atoms with Crippen molar-refractivity contribution in [2.75, 3.05) is 12.4 Å². The second kappa shape index (κ2) is 9.19. The summed E-state index contributed by atoms with van der Waals surface area (Å²) in [6, 6.07) is 15.9. The first-order valence-electron chi connectivity index (χ1n) is 8.87. The van der Waals surface area contributed by atoms with Crippen LogP contribution in [0.25, 0.3) is 0 Å². The van der Waals surface area contributed by atoms with Gasteiger partial charge in [0.15, 0.2) is 5.13 Å². The van der Waals surface area contributed by atoms with Gasteiger partial charge in [-0.3, -0.25) is 4.79 Å². The standard InChI is InChI=1S/C21H23N3O2S/c1-3-15-8-10-17(11-9-15)23-21-24-18(14-27-21)12-20(25)22-13-16-6-4-5-7-19(16)26-2/h4-11,14H,3,12-13H2,1-2H3,(H,22,25)(H,23,24). The Morgan fingerprint density at radius 3 is 2.67 bits per heavy atom. The number of carbonyl (C=O) groups is 1. The van der Waals surface area contributed by atoms with E-state index in [1.54, 1.807) is 7.11 Å². The van der Waals surface area contributed by atoms with Gasteiger partial charge < -0.3 is 15.4 Å². The molecule has 140 valence electrons. The van der Waals surface area contributed by atoms with E-state index in [2.05, 4.69) is 34.7 Å². The number of hydrogen-bond acceptors (Lipinski definition) is 5. The molecule has 1 heterocycles. The van der Waals surface area contributed by atoms with Crippen molar-refractivity contribution in [3.05, 3.63) is 70.7 Å². The number of anilines is 2. The van der Waals surface area contributed by atoms with E-state index in [-0.39, 0.29) is 12.3 Å². The Morgan fingerprint density at radius 1 is 1.15 bits per heavy atom. The van der Waals surface area contributed by atoms with Gasteiger partial charge in [0.1, 0.15) is 5.75 Å². The van der Waals surface area contributed by atoms with Gasteiger partial charge in [-0.2, -0.15) is 0 Å². The highest BCUT2D eigenvalue weighted by Gasteiger charge is 2.09. The van der Waals surface area contributed by atoms with Crippen LogP contribution < -0.4 is 15.4 Å². The number of para-hydroxylation sites is 1. The summed E-state index contributed by atoms with van der Waals surface area (Å²) < 4.78 is 5.30. The van der Waals surface area contributed by atoms with E-state index < -0.39 is 0 Å². The highest BCUT2D eigenvalue weighted by molar-refractivity contribution is 7.13. The predicted octanol–water partition coefficient (Wildman–Crippen LogP) is 4.32. The molecule has 0 aliphatic carbocycles. The van der Waals surface area contributed by atoms with Gasteiger partial charge >= 0.3 is 0 Å². The van der Waals surface area contributed by atoms with Gasteiger partial charge in [0.25, 0.3) is 0 Å². The predicted molar refractivity (Wildman–Crippen MR) is 110 cm³/mol. The minimum absolute atomic E-state index is 0.0648. The molecule has 0 radical (unpaired) electrons. The van der Waals surface area contributed by atoms with Crippen LogP contribution in [0.1, 0.15) is 23.7 Å². The summed E-state index contributed by atoms with van der Waals surface area (Å²) in [5.41, 5.74) is 4.00. The lowest BCUT2D eigenvalue weighted by Gasteiger charge is -2.09. The molecular formula is C21H23N3O2S. The molecule has 0 aliphatic heterocycles. The fourth-order valence-electron chi connectivity index (χ4n) is 2.66. The molecule has 2 aromatic carbocycles. The molecule has 0 aliphatic rings. The van der Waals surface area contributed by atoms with Crippen molar-refractivity contribution >= 4 is 28.1 Å². The summed E-state index contributed by atoms with van der Waals surface area (Å²) >= 11 is 1.49. The van der Waals surface area contributed by atoms with Gasteiger partial charge in [-0.25, -0.2) is 4.98 Å². The van der Waals surface area contributed by atoms with Crippen LogP contribution in [0.5, 0.6) is 5.75 Å². The quantitative estimate of drug-likeness (QED) is 0.610. The van der Waals surface area contributed by atoms with E-state index in [4.69, 9.17) is 4.74 Å². The van der Waals surface area contributed by atoms with Crippen LogP contribution in [0.15, 0.2) is 53.9 Å². The molecule has 0 fully saturated rings. The molecule has 0 bridgehead atoms. The van der Waals surface area contributed by atoms with Crippen LogP contribution in [0, 0.1) is 0 Å². The Kier molecular flexibility index (Phi) is 6.44. The van der Waals surface area contributed by atoms with Gasteiger partial charge in [-0.1, -0.05) is 37.3 Å². The zero-order valence-corrected chi connectivity index (χ0v) is 16.3. The normalized spacial score (nSPS) is 10.4. The molecule has 3 rings (SSSR count). The van der Waals surface area contributed by atoms with E-state index in [0.29, 0.717) is 6.54 Å². The number of nitrogens with zero attached hydrogens (tertiary/aromatic N) is 1. The second-order valence-electron chi connectivity index (χ2n) is 6.08. The van der Waals surface area contributed by atoms with Crippen LogP contribution in [0.4, 0.5) is 10.8 Å². The summed E-state index contributed by atoms with van der Waals surface area (Å²) in [7, 11) is 1.63. The number of methoxy groups -OCH3 is 1. The lowest BCUT2D eigenvalue weighted by molar-refractivity contribution is -0.120. The third-order valence-corrected chi connectivity index (χ3v) is 4.98. The van der Waals surface area contributed by atoms with Crippen LogP contribution in [-0.2, 0) is 24.2 Å². The van der Waals surface area contributed by atoms with Crippen molar-refractivity contribution in [3.63, 3.8) is 0 Å². The van der Waals surface area contributed by atoms with Crippen LogP contribution in [0.2, 0.25) is 0 Å². The van der Waals surface area contributed by atoms with Gasteiger partial charge in [-0.15, -0.1) is 11.3 Å². The number of carbonyl (C=O) groups excluding carboxylic acids is 1. The minimum atomic E-state index is -0.0648. The number of aryl methyl sites for hydroxylation is 1. The first-order chi connectivity index (χ1) is 13.2. The average molecular weight is 382 g/mol. The molecule has 0 unspecified atom stereocenters. The molecule has 0 saturated heterocycles. The maximum atomic E-state index is 12.2. The van der Waals surface area contributed by atoms with E-state index in [1.165, 1.54) is 16.9 Å². The second-order valence-corrected chi connectivity index (χ2v) is 6.94. The molecule has 0 saturated carbocycles. The SMILES string of the molecule is CCc1ccc(Nc2nc(CC(=O)NCc3ccccc3OC)cs2)cc1. The largest absolute Gasteiger partial charge is 0.496 e. The van der Waals surface area contributed by atoms with Crippen LogP contribution in [-0.4, -0.2) is 18.0 Å². The van der Waals surface area contributed by atoms with E-state index in [0.717, 1.165) is 34.2 Å². The van der Waals surface area contributed by atoms with Crippen molar-refractivity contribution in [2.24, 2.45) is 0 Å².